The lowest BCUT2D eigenvalue weighted by atomic mass is 10.0. The maximum absolute atomic E-state index is 3.56. The number of halogens is 1. The molecule has 0 aliphatic heterocycles. The molecule has 0 nitrogen and oxygen atoms in total. The smallest absolute Gasteiger partial charge is 0.0120 e. The van der Waals surface area contributed by atoms with E-state index in [0.29, 0.717) is 4.83 Å². The first-order valence-corrected chi connectivity index (χ1v) is 6.10. The first-order valence-electron chi connectivity index (χ1n) is 3.79. The molecule has 0 bridgehead atoms. The fourth-order valence-electron chi connectivity index (χ4n) is 0.991. The van der Waals surface area contributed by atoms with E-state index in [2.05, 4.69) is 36.0 Å². The molecule has 0 heterocycles. The van der Waals surface area contributed by atoms with Crippen LogP contribution in [0.25, 0.3) is 0 Å². The molecule has 0 saturated carbocycles. The van der Waals surface area contributed by atoms with Crippen LogP contribution in [0.15, 0.2) is 0 Å². The van der Waals surface area contributed by atoms with Crippen molar-refractivity contribution >= 4 is 27.7 Å². The van der Waals surface area contributed by atoms with Crippen molar-refractivity contribution in [2.75, 3.05) is 12.0 Å². The number of hydrogen-bond donors (Lipinski definition) is 0. The Balaban J connectivity index is 3.16. The maximum Gasteiger partial charge on any atom is 0.0120 e. The maximum atomic E-state index is 3.56. The largest absolute Gasteiger partial charge is 0.165 e. The first-order chi connectivity index (χ1) is 4.66. The average molecular weight is 225 g/mol. The summed E-state index contributed by atoms with van der Waals surface area (Å²) in [6.07, 6.45) is 4.84. The van der Waals surface area contributed by atoms with E-state index >= 15 is 0 Å². The monoisotopic (exact) mass is 224 g/mol. The zero-order chi connectivity index (χ0) is 7.98. The molecule has 0 aliphatic carbocycles. The second-order valence-corrected chi connectivity index (χ2v) is 5.45. The zero-order valence-electron chi connectivity index (χ0n) is 7.06. The van der Waals surface area contributed by atoms with Gasteiger partial charge in [0.2, 0.25) is 0 Å². The van der Waals surface area contributed by atoms with E-state index in [1.807, 2.05) is 11.8 Å². The molecule has 0 N–H and O–H groups in total. The second kappa shape index (κ2) is 6.53. The molecule has 0 radical (unpaired) electrons. The average Bonchev–Trinajstić information content (AvgIpc) is 1.82. The normalized spacial score (nSPS) is 16.8. The minimum Gasteiger partial charge on any atom is -0.165 e. The van der Waals surface area contributed by atoms with Crippen molar-refractivity contribution < 1.29 is 0 Å². The van der Waals surface area contributed by atoms with Crippen LogP contribution in [0.1, 0.15) is 26.7 Å². The highest BCUT2D eigenvalue weighted by Gasteiger charge is 2.04. The Bertz CT molecular complexity index is 73.7. The van der Waals surface area contributed by atoms with Crippen molar-refractivity contribution in [1.29, 1.82) is 0 Å². The molecule has 0 amide bonds. The Hall–Kier alpha value is 0.830. The fraction of sp³-hybridized carbons (Fsp3) is 1.00. The Labute approximate surface area is 77.3 Å². The molecule has 0 saturated heterocycles. The van der Waals surface area contributed by atoms with Crippen molar-refractivity contribution in [3.63, 3.8) is 0 Å². The lowest BCUT2D eigenvalue weighted by Crippen LogP contribution is -2.02. The molecule has 10 heavy (non-hydrogen) atoms. The molecular formula is C8H17BrS. The van der Waals surface area contributed by atoms with Gasteiger partial charge < -0.3 is 0 Å². The van der Waals surface area contributed by atoms with Crippen LogP contribution >= 0.6 is 27.7 Å². The van der Waals surface area contributed by atoms with E-state index in [1.54, 1.807) is 0 Å². The standard InChI is InChI=1S/C8H17BrS/c1-7(4-5-10-3)6-8(2)9/h7-8H,4-6H2,1-3H3. The van der Waals surface area contributed by atoms with Gasteiger partial charge in [-0.25, -0.2) is 0 Å². The summed E-state index contributed by atoms with van der Waals surface area (Å²) in [7, 11) is 0. The Morgan fingerprint density at radius 2 is 2.00 bits per heavy atom. The lowest BCUT2D eigenvalue weighted by molar-refractivity contribution is 0.523. The van der Waals surface area contributed by atoms with E-state index in [4.69, 9.17) is 0 Å². The van der Waals surface area contributed by atoms with Gasteiger partial charge in [-0.1, -0.05) is 29.8 Å². The third-order valence-electron chi connectivity index (χ3n) is 1.54. The third kappa shape index (κ3) is 6.94. The molecule has 0 aliphatic rings. The Morgan fingerprint density at radius 1 is 1.40 bits per heavy atom. The van der Waals surface area contributed by atoms with Crippen LogP contribution in [0.5, 0.6) is 0 Å². The number of thioether (sulfide) groups is 1. The number of alkyl halides is 1. The molecule has 2 atom stereocenters. The molecule has 0 aromatic carbocycles. The quantitative estimate of drug-likeness (QED) is 0.645. The van der Waals surface area contributed by atoms with E-state index < -0.39 is 0 Å². The van der Waals surface area contributed by atoms with Gasteiger partial charge in [-0.3, -0.25) is 0 Å². The minimum atomic E-state index is 0.685. The van der Waals surface area contributed by atoms with E-state index in [0.717, 1.165) is 5.92 Å². The van der Waals surface area contributed by atoms with Gasteiger partial charge in [-0.2, -0.15) is 11.8 Å². The van der Waals surface area contributed by atoms with Gasteiger partial charge in [-0.05, 0) is 30.8 Å². The highest BCUT2D eigenvalue weighted by molar-refractivity contribution is 9.09. The summed E-state index contributed by atoms with van der Waals surface area (Å²) in [6, 6.07) is 0. The molecular weight excluding hydrogens is 208 g/mol. The highest BCUT2D eigenvalue weighted by Crippen LogP contribution is 2.16. The van der Waals surface area contributed by atoms with Crippen LogP contribution in [0, 0.1) is 5.92 Å². The van der Waals surface area contributed by atoms with Gasteiger partial charge in [0.15, 0.2) is 0 Å². The fourth-order valence-corrected chi connectivity index (χ4v) is 2.27. The lowest BCUT2D eigenvalue weighted by Gasteiger charge is -2.11. The Morgan fingerprint density at radius 3 is 2.40 bits per heavy atom. The predicted molar refractivity (Wildman–Crippen MR) is 55.2 cm³/mol. The van der Waals surface area contributed by atoms with E-state index in [1.165, 1.54) is 18.6 Å². The summed E-state index contributed by atoms with van der Waals surface area (Å²) < 4.78 is 0. The third-order valence-corrected chi connectivity index (χ3v) is 2.56. The molecule has 2 unspecified atom stereocenters. The zero-order valence-corrected chi connectivity index (χ0v) is 9.46. The molecule has 0 rings (SSSR count). The van der Waals surface area contributed by atoms with Crippen molar-refractivity contribution in [3.05, 3.63) is 0 Å². The summed E-state index contributed by atoms with van der Waals surface area (Å²) >= 11 is 5.50. The second-order valence-electron chi connectivity index (χ2n) is 2.90. The van der Waals surface area contributed by atoms with E-state index in [-0.39, 0.29) is 0 Å². The summed E-state index contributed by atoms with van der Waals surface area (Å²) in [6.45, 7) is 4.55. The number of rotatable bonds is 5. The van der Waals surface area contributed by atoms with Gasteiger partial charge in [0.1, 0.15) is 0 Å². The van der Waals surface area contributed by atoms with Crippen LogP contribution in [0.4, 0.5) is 0 Å². The number of hydrogen-bond acceptors (Lipinski definition) is 1. The topological polar surface area (TPSA) is 0 Å². The SMILES string of the molecule is CSCCC(C)CC(C)Br. The molecule has 0 aromatic heterocycles. The van der Waals surface area contributed by atoms with Crippen LogP contribution in [-0.4, -0.2) is 16.8 Å². The van der Waals surface area contributed by atoms with Gasteiger partial charge in [0.05, 0.1) is 0 Å². The summed E-state index contributed by atoms with van der Waals surface area (Å²) in [5, 5.41) is 0. The van der Waals surface area contributed by atoms with Crippen LogP contribution in [0.3, 0.4) is 0 Å². The predicted octanol–water partition coefficient (Wildman–Crippen LogP) is 3.55. The van der Waals surface area contributed by atoms with Crippen molar-refractivity contribution in [1.82, 2.24) is 0 Å². The summed E-state index contributed by atoms with van der Waals surface area (Å²) in [5.41, 5.74) is 0. The summed E-state index contributed by atoms with van der Waals surface area (Å²) in [4.78, 5) is 0.685. The van der Waals surface area contributed by atoms with Crippen LogP contribution in [0.2, 0.25) is 0 Å². The molecule has 2 heteroatoms. The molecule has 0 fully saturated rings. The van der Waals surface area contributed by atoms with Crippen molar-refractivity contribution in [2.45, 2.75) is 31.5 Å². The van der Waals surface area contributed by atoms with Crippen molar-refractivity contribution in [2.24, 2.45) is 5.92 Å². The van der Waals surface area contributed by atoms with Crippen LogP contribution in [-0.2, 0) is 0 Å². The Kier molecular flexibility index (Phi) is 7.08. The van der Waals surface area contributed by atoms with Crippen molar-refractivity contribution in [3.8, 4) is 0 Å². The molecule has 62 valence electrons. The van der Waals surface area contributed by atoms with Gasteiger partial charge in [0, 0.05) is 4.83 Å². The molecule has 0 spiro atoms. The van der Waals surface area contributed by atoms with E-state index in [9.17, 15) is 0 Å². The van der Waals surface area contributed by atoms with Crippen LogP contribution < -0.4 is 0 Å². The summed E-state index contributed by atoms with van der Waals surface area (Å²) in [5.74, 6) is 2.18. The molecule has 0 aromatic rings. The highest BCUT2D eigenvalue weighted by atomic mass is 79.9. The minimum absolute atomic E-state index is 0.685. The van der Waals surface area contributed by atoms with Gasteiger partial charge in [-0.15, -0.1) is 0 Å². The first kappa shape index (κ1) is 10.8. The van der Waals surface area contributed by atoms with Gasteiger partial charge >= 0.3 is 0 Å². The van der Waals surface area contributed by atoms with Gasteiger partial charge in [0.25, 0.3) is 0 Å².